The van der Waals surface area contributed by atoms with Gasteiger partial charge in [-0.15, -0.1) is 0 Å². The van der Waals surface area contributed by atoms with Crippen LogP contribution in [-0.4, -0.2) is 51.5 Å². The molecule has 0 saturated carbocycles. The van der Waals surface area contributed by atoms with E-state index in [2.05, 4.69) is 5.10 Å². The van der Waals surface area contributed by atoms with Crippen LogP contribution in [0, 0.1) is 0 Å². The molecule has 0 radical (unpaired) electrons. The third-order valence-corrected chi connectivity index (χ3v) is 3.48. The van der Waals surface area contributed by atoms with Crippen LogP contribution < -0.4 is 5.69 Å². The molecule has 0 bridgehead atoms. The number of nitrogens with zero attached hydrogens (tertiary/aromatic N) is 4. The molecule has 2 rings (SSSR count). The van der Waals surface area contributed by atoms with Gasteiger partial charge in [0.05, 0.1) is 12.6 Å². The lowest BCUT2D eigenvalue weighted by Crippen LogP contribution is -2.48. The second-order valence-electron chi connectivity index (χ2n) is 4.87. The van der Waals surface area contributed by atoms with Crippen molar-refractivity contribution in [2.45, 2.75) is 31.8 Å². The fourth-order valence-electron chi connectivity index (χ4n) is 2.44. The molecular weight excluding hydrogens is 248 g/mol. The molecule has 0 aromatic carbocycles. The highest BCUT2D eigenvalue weighted by atomic mass is 16.5. The van der Waals surface area contributed by atoms with Crippen molar-refractivity contribution >= 4 is 5.91 Å². The van der Waals surface area contributed by atoms with Crippen LogP contribution in [0.3, 0.4) is 0 Å². The van der Waals surface area contributed by atoms with E-state index in [0.717, 1.165) is 25.8 Å². The Kier molecular flexibility index (Phi) is 4.36. The Hall–Kier alpha value is -1.63. The summed E-state index contributed by atoms with van der Waals surface area (Å²) in [5.74, 6) is -0.0671. The van der Waals surface area contributed by atoms with Gasteiger partial charge in [-0.2, -0.15) is 5.10 Å². The van der Waals surface area contributed by atoms with E-state index in [9.17, 15) is 9.59 Å². The van der Waals surface area contributed by atoms with Crippen LogP contribution in [0.15, 0.2) is 11.1 Å². The number of piperidine rings is 1. The first-order chi connectivity index (χ1) is 9.13. The molecule has 0 aliphatic carbocycles. The van der Waals surface area contributed by atoms with Crippen LogP contribution in [-0.2, 0) is 23.1 Å². The van der Waals surface area contributed by atoms with Gasteiger partial charge < -0.3 is 9.64 Å². The van der Waals surface area contributed by atoms with E-state index in [4.69, 9.17) is 4.74 Å². The van der Waals surface area contributed by atoms with Crippen LogP contribution in [0.1, 0.15) is 19.3 Å². The minimum Gasteiger partial charge on any atom is -0.383 e. The Morgan fingerprint density at radius 3 is 2.95 bits per heavy atom. The molecule has 1 aromatic heterocycles. The molecular formula is C12H20N4O3. The molecule has 19 heavy (non-hydrogen) atoms. The third kappa shape index (κ3) is 3.04. The van der Waals surface area contributed by atoms with Crippen LogP contribution >= 0.6 is 0 Å². The van der Waals surface area contributed by atoms with E-state index in [1.807, 2.05) is 4.90 Å². The average molecular weight is 268 g/mol. The van der Waals surface area contributed by atoms with Crippen LogP contribution in [0.4, 0.5) is 0 Å². The molecule has 0 spiro atoms. The predicted molar refractivity (Wildman–Crippen MR) is 68.7 cm³/mol. The summed E-state index contributed by atoms with van der Waals surface area (Å²) < 4.78 is 7.71. The van der Waals surface area contributed by atoms with Crippen LogP contribution in [0.5, 0.6) is 0 Å². The van der Waals surface area contributed by atoms with Crippen molar-refractivity contribution < 1.29 is 9.53 Å². The molecule has 7 nitrogen and oxygen atoms in total. The third-order valence-electron chi connectivity index (χ3n) is 3.48. The summed E-state index contributed by atoms with van der Waals surface area (Å²) in [6.45, 7) is 1.27. The predicted octanol–water partition coefficient (Wildman–Crippen LogP) is -0.391. The number of aryl methyl sites for hydroxylation is 1. The van der Waals surface area contributed by atoms with Crippen molar-refractivity contribution in [3.63, 3.8) is 0 Å². The summed E-state index contributed by atoms with van der Waals surface area (Å²) in [5, 5.41) is 3.91. The first-order valence-corrected chi connectivity index (χ1v) is 6.50. The maximum absolute atomic E-state index is 12.3. The summed E-state index contributed by atoms with van der Waals surface area (Å²) in [7, 11) is 3.26. The fraction of sp³-hybridized carbons (Fsp3) is 0.750. The number of methoxy groups -OCH3 is 1. The normalized spacial score (nSPS) is 19.7. The smallest absolute Gasteiger partial charge is 0.345 e. The number of carbonyl (C=O) groups is 1. The molecule has 2 heterocycles. The number of ether oxygens (including phenoxy) is 1. The molecule has 1 amide bonds. The Morgan fingerprint density at radius 1 is 1.53 bits per heavy atom. The highest BCUT2D eigenvalue weighted by Crippen LogP contribution is 2.17. The van der Waals surface area contributed by atoms with Gasteiger partial charge in [-0.25, -0.2) is 9.48 Å². The van der Waals surface area contributed by atoms with E-state index >= 15 is 0 Å². The molecule has 1 unspecified atom stereocenters. The minimum atomic E-state index is -0.270. The molecule has 7 heteroatoms. The lowest BCUT2D eigenvalue weighted by molar-refractivity contribution is -0.137. The quantitative estimate of drug-likeness (QED) is 0.745. The monoisotopic (exact) mass is 268 g/mol. The zero-order valence-corrected chi connectivity index (χ0v) is 11.4. The summed E-state index contributed by atoms with van der Waals surface area (Å²) >= 11 is 0. The maximum atomic E-state index is 12.3. The van der Waals surface area contributed by atoms with Crippen molar-refractivity contribution in [3.05, 3.63) is 16.8 Å². The van der Waals surface area contributed by atoms with E-state index in [0.29, 0.717) is 6.61 Å². The standard InChI is InChI=1S/C12H20N4O3/c1-14-9-13-16(12(14)18)7-11(17)15-6-4-3-5-10(15)8-19-2/h9-10H,3-8H2,1-2H3. The number of carbonyl (C=O) groups excluding carboxylic acids is 1. The molecule has 1 aliphatic heterocycles. The second-order valence-corrected chi connectivity index (χ2v) is 4.87. The Morgan fingerprint density at radius 2 is 2.32 bits per heavy atom. The molecule has 0 N–H and O–H groups in total. The largest absolute Gasteiger partial charge is 0.383 e. The Labute approximate surface area is 111 Å². The maximum Gasteiger partial charge on any atom is 0.345 e. The van der Waals surface area contributed by atoms with Crippen molar-refractivity contribution in [1.82, 2.24) is 19.2 Å². The number of hydrogen-bond donors (Lipinski definition) is 0. The lowest BCUT2D eigenvalue weighted by Gasteiger charge is -2.35. The van der Waals surface area contributed by atoms with Gasteiger partial charge in [0.25, 0.3) is 0 Å². The first-order valence-electron chi connectivity index (χ1n) is 6.50. The number of likely N-dealkylation sites (tertiary alicyclic amines) is 1. The topological polar surface area (TPSA) is 69.4 Å². The van der Waals surface area contributed by atoms with Crippen molar-refractivity contribution in [1.29, 1.82) is 0 Å². The van der Waals surface area contributed by atoms with Gasteiger partial charge in [-0.3, -0.25) is 9.36 Å². The number of aromatic nitrogens is 3. The SMILES string of the molecule is COCC1CCCCN1C(=O)Cn1ncn(C)c1=O. The van der Waals surface area contributed by atoms with Gasteiger partial charge in [-0.1, -0.05) is 0 Å². The van der Waals surface area contributed by atoms with Gasteiger partial charge >= 0.3 is 5.69 Å². The lowest BCUT2D eigenvalue weighted by atomic mass is 10.0. The Balaban J connectivity index is 2.05. The van der Waals surface area contributed by atoms with Crippen molar-refractivity contribution in [2.24, 2.45) is 7.05 Å². The van der Waals surface area contributed by atoms with E-state index in [1.165, 1.54) is 15.6 Å². The molecule has 106 valence electrons. The summed E-state index contributed by atoms with van der Waals surface area (Å²) in [5.41, 5.74) is -0.270. The van der Waals surface area contributed by atoms with E-state index in [1.54, 1.807) is 14.2 Å². The van der Waals surface area contributed by atoms with Crippen LogP contribution in [0.25, 0.3) is 0 Å². The highest BCUT2D eigenvalue weighted by molar-refractivity contribution is 5.76. The van der Waals surface area contributed by atoms with Crippen LogP contribution in [0.2, 0.25) is 0 Å². The molecule has 1 atom stereocenters. The summed E-state index contributed by atoms with van der Waals surface area (Å²) in [6.07, 6.45) is 4.49. The highest BCUT2D eigenvalue weighted by Gasteiger charge is 2.27. The average Bonchev–Trinajstić information content (AvgIpc) is 2.72. The van der Waals surface area contributed by atoms with E-state index < -0.39 is 0 Å². The Bertz CT molecular complexity index is 491. The van der Waals surface area contributed by atoms with Gasteiger partial charge in [0.15, 0.2) is 0 Å². The molecule has 1 aromatic rings. The summed E-state index contributed by atoms with van der Waals surface area (Å²) in [4.78, 5) is 25.8. The number of hydrogen-bond acceptors (Lipinski definition) is 4. The van der Waals surface area contributed by atoms with Crippen molar-refractivity contribution in [3.8, 4) is 0 Å². The number of rotatable bonds is 4. The second kappa shape index (κ2) is 6.01. The van der Waals surface area contributed by atoms with Gasteiger partial charge in [0.2, 0.25) is 5.91 Å². The van der Waals surface area contributed by atoms with Gasteiger partial charge in [-0.05, 0) is 19.3 Å². The molecule has 1 aliphatic rings. The van der Waals surface area contributed by atoms with Crippen molar-refractivity contribution in [2.75, 3.05) is 20.3 Å². The van der Waals surface area contributed by atoms with E-state index in [-0.39, 0.29) is 24.2 Å². The fourth-order valence-corrected chi connectivity index (χ4v) is 2.44. The summed E-state index contributed by atoms with van der Waals surface area (Å²) in [6, 6.07) is 0.116. The zero-order valence-electron chi connectivity index (χ0n) is 11.4. The number of amides is 1. The van der Waals surface area contributed by atoms with Gasteiger partial charge in [0.1, 0.15) is 12.9 Å². The van der Waals surface area contributed by atoms with Gasteiger partial charge in [0, 0.05) is 20.7 Å². The first kappa shape index (κ1) is 13.8. The molecule has 1 saturated heterocycles. The zero-order chi connectivity index (χ0) is 13.8. The molecule has 1 fully saturated rings. The minimum absolute atomic E-state index is 0.000111.